The van der Waals surface area contributed by atoms with E-state index in [9.17, 15) is 24.6 Å². The Hall–Kier alpha value is -3.64. The molecule has 1 aromatic carbocycles. The number of aromatic amines is 1. The predicted molar refractivity (Wildman–Crippen MR) is 123 cm³/mol. The first kappa shape index (κ1) is 25.6. The number of carbonyl (C=O) groups is 3. The van der Waals surface area contributed by atoms with Crippen LogP contribution in [0.4, 0.5) is 0 Å². The number of aliphatic hydroxyl groups excluding tert-OH is 1. The van der Waals surface area contributed by atoms with Gasteiger partial charge in [0.15, 0.2) is 5.96 Å². The number of aliphatic hydroxyl groups is 1. The number of aliphatic carboxylic acids is 1. The predicted octanol–water partition coefficient (Wildman–Crippen LogP) is -1.47. The zero-order valence-electron chi connectivity index (χ0n) is 18.3. The molecule has 0 bridgehead atoms. The van der Waals surface area contributed by atoms with Crippen molar-refractivity contribution >= 4 is 34.6 Å². The number of carboxylic acids is 1. The molecule has 4 atom stereocenters. The van der Waals surface area contributed by atoms with Gasteiger partial charge in [-0.3, -0.25) is 14.6 Å². The van der Waals surface area contributed by atoms with Crippen LogP contribution in [0.15, 0.2) is 35.5 Å². The molecule has 4 unspecified atom stereocenters. The summed E-state index contributed by atoms with van der Waals surface area (Å²) in [6, 6.07) is 3.93. The second kappa shape index (κ2) is 11.8. The number of benzene rings is 1. The first-order valence-electron chi connectivity index (χ1n) is 10.5. The summed E-state index contributed by atoms with van der Waals surface area (Å²) in [7, 11) is 0. The topological polar surface area (TPSA) is 222 Å². The molecule has 0 saturated heterocycles. The first-order chi connectivity index (χ1) is 15.6. The number of hydrogen-bond donors (Lipinski definition) is 8. The lowest BCUT2D eigenvalue weighted by atomic mass is 10.0. The van der Waals surface area contributed by atoms with E-state index in [0.29, 0.717) is 6.42 Å². The minimum Gasteiger partial charge on any atom is -0.480 e. The van der Waals surface area contributed by atoms with Crippen molar-refractivity contribution in [1.82, 2.24) is 15.6 Å². The van der Waals surface area contributed by atoms with Crippen molar-refractivity contribution in [2.24, 2.45) is 22.2 Å². The number of carboxylic acid groups (broad SMARTS) is 1. The number of fused-ring (bicyclic) bond motifs is 1. The Morgan fingerprint density at radius 2 is 1.85 bits per heavy atom. The number of nitrogens with two attached hydrogens (primary N) is 3. The normalized spacial score (nSPS) is 14.6. The van der Waals surface area contributed by atoms with E-state index in [4.69, 9.17) is 17.2 Å². The lowest BCUT2D eigenvalue weighted by Crippen LogP contribution is -2.58. The number of guanidine groups is 1. The number of para-hydroxylation sites is 1. The average molecular weight is 462 g/mol. The third kappa shape index (κ3) is 7.47. The van der Waals surface area contributed by atoms with Crippen LogP contribution in [0.5, 0.6) is 0 Å². The number of carbonyl (C=O) groups excluding carboxylic acids is 2. The Morgan fingerprint density at radius 3 is 2.48 bits per heavy atom. The van der Waals surface area contributed by atoms with Gasteiger partial charge in [0.25, 0.3) is 0 Å². The molecule has 0 aliphatic carbocycles. The summed E-state index contributed by atoms with van der Waals surface area (Å²) in [5.74, 6) is -2.88. The van der Waals surface area contributed by atoms with Crippen molar-refractivity contribution in [3.63, 3.8) is 0 Å². The molecule has 2 rings (SSSR count). The molecule has 2 aromatic rings. The molecular weight excluding hydrogens is 430 g/mol. The number of H-pyrrole nitrogens is 1. The van der Waals surface area contributed by atoms with Gasteiger partial charge in [0, 0.05) is 23.6 Å². The average Bonchev–Trinajstić information content (AvgIpc) is 3.16. The molecule has 12 nitrogen and oxygen atoms in total. The maximum atomic E-state index is 12.6. The molecule has 2 amide bonds. The van der Waals surface area contributed by atoms with E-state index in [-0.39, 0.29) is 25.3 Å². The molecule has 12 heteroatoms. The molecule has 180 valence electrons. The molecule has 0 spiro atoms. The summed E-state index contributed by atoms with van der Waals surface area (Å²) < 4.78 is 0. The minimum atomic E-state index is -1.38. The van der Waals surface area contributed by atoms with E-state index >= 15 is 0 Å². The van der Waals surface area contributed by atoms with Crippen LogP contribution >= 0.6 is 0 Å². The molecule has 0 fully saturated rings. The summed E-state index contributed by atoms with van der Waals surface area (Å²) in [5.41, 5.74) is 18.2. The highest BCUT2D eigenvalue weighted by molar-refractivity contribution is 5.92. The van der Waals surface area contributed by atoms with E-state index < -0.39 is 42.0 Å². The Bertz CT molecular complexity index is 1000. The van der Waals surface area contributed by atoms with Crippen LogP contribution in [0.3, 0.4) is 0 Å². The molecule has 0 aliphatic rings. The Labute approximate surface area is 190 Å². The number of aliphatic imine (C=N–C) groups is 1. The van der Waals surface area contributed by atoms with Crippen molar-refractivity contribution in [3.8, 4) is 0 Å². The van der Waals surface area contributed by atoms with Crippen LogP contribution in [-0.2, 0) is 20.8 Å². The molecule has 11 N–H and O–H groups in total. The summed E-state index contributed by atoms with van der Waals surface area (Å²) in [5, 5.41) is 25.1. The Kier molecular flexibility index (Phi) is 9.18. The first-order valence-corrected chi connectivity index (χ1v) is 10.5. The van der Waals surface area contributed by atoms with Crippen molar-refractivity contribution in [2.75, 3.05) is 6.54 Å². The van der Waals surface area contributed by atoms with E-state index in [1.165, 1.54) is 6.92 Å². The highest BCUT2D eigenvalue weighted by atomic mass is 16.4. The van der Waals surface area contributed by atoms with Crippen molar-refractivity contribution < 1.29 is 24.6 Å². The van der Waals surface area contributed by atoms with Crippen LogP contribution < -0.4 is 27.8 Å². The zero-order valence-corrected chi connectivity index (χ0v) is 18.3. The van der Waals surface area contributed by atoms with Gasteiger partial charge in [-0.15, -0.1) is 0 Å². The largest absolute Gasteiger partial charge is 0.480 e. The molecule has 1 heterocycles. The summed E-state index contributed by atoms with van der Waals surface area (Å²) in [4.78, 5) is 43.6. The number of aromatic nitrogens is 1. The third-order valence-electron chi connectivity index (χ3n) is 5.07. The van der Waals surface area contributed by atoms with Gasteiger partial charge in [-0.25, -0.2) is 4.79 Å². The van der Waals surface area contributed by atoms with Crippen molar-refractivity contribution in [2.45, 2.75) is 50.4 Å². The van der Waals surface area contributed by atoms with E-state index in [2.05, 4.69) is 20.6 Å². The van der Waals surface area contributed by atoms with Crippen LogP contribution in [0.2, 0.25) is 0 Å². The van der Waals surface area contributed by atoms with Crippen molar-refractivity contribution in [3.05, 3.63) is 36.0 Å². The number of amides is 2. The van der Waals surface area contributed by atoms with Crippen molar-refractivity contribution in [1.29, 1.82) is 0 Å². The number of hydrogen-bond acceptors (Lipinski definition) is 6. The molecule has 1 aromatic heterocycles. The van der Waals surface area contributed by atoms with E-state index in [0.717, 1.165) is 16.5 Å². The number of nitrogens with one attached hydrogen (secondary N) is 3. The van der Waals surface area contributed by atoms with Crippen LogP contribution in [0.25, 0.3) is 10.9 Å². The quantitative estimate of drug-likeness (QED) is 0.105. The second-order valence-corrected chi connectivity index (χ2v) is 7.75. The van der Waals surface area contributed by atoms with Gasteiger partial charge in [0.2, 0.25) is 11.8 Å². The molecular formula is C21H31N7O5. The standard InChI is InChI=1S/C21H31N7O5/c1-11(29)17(19(31)27-16(20(32)33)7-4-8-25-21(23)24)28-18(30)14(22)9-12-10-26-15-6-3-2-5-13(12)15/h2-3,5-6,10-11,14,16-17,26,29H,4,7-9,22H2,1H3,(H,27,31)(H,28,30)(H,32,33)(H4,23,24,25). The van der Waals surface area contributed by atoms with Gasteiger partial charge >= 0.3 is 5.97 Å². The van der Waals surface area contributed by atoms with E-state index in [1.807, 2.05) is 24.3 Å². The second-order valence-electron chi connectivity index (χ2n) is 7.75. The highest BCUT2D eigenvalue weighted by Gasteiger charge is 2.31. The zero-order chi connectivity index (χ0) is 24.5. The van der Waals surface area contributed by atoms with Crippen LogP contribution in [0, 0.1) is 0 Å². The fourth-order valence-corrected chi connectivity index (χ4v) is 3.32. The maximum absolute atomic E-state index is 12.6. The smallest absolute Gasteiger partial charge is 0.326 e. The maximum Gasteiger partial charge on any atom is 0.326 e. The minimum absolute atomic E-state index is 0.0540. The lowest BCUT2D eigenvalue weighted by molar-refractivity contribution is -0.143. The SMILES string of the molecule is CC(O)C(NC(=O)C(N)Cc1c[nH]c2ccccc12)C(=O)NC(CCCN=C(N)N)C(=O)O. The monoisotopic (exact) mass is 461 g/mol. The highest BCUT2D eigenvalue weighted by Crippen LogP contribution is 2.18. The van der Waals surface area contributed by atoms with Gasteiger partial charge < -0.3 is 43.0 Å². The lowest BCUT2D eigenvalue weighted by Gasteiger charge is -2.24. The molecule has 0 saturated carbocycles. The fourth-order valence-electron chi connectivity index (χ4n) is 3.32. The summed E-state index contributed by atoms with van der Waals surface area (Å²) in [6.07, 6.45) is 1.03. The molecule has 33 heavy (non-hydrogen) atoms. The van der Waals surface area contributed by atoms with Crippen LogP contribution in [-0.4, -0.2) is 69.7 Å². The van der Waals surface area contributed by atoms with Gasteiger partial charge in [-0.05, 0) is 37.8 Å². The summed E-state index contributed by atoms with van der Waals surface area (Å²) in [6.45, 7) is 1.51. The van der Waals surface area contributed by atoms with Gasteiger partial charge in [-0.1, -0.05) is 18.2 Å². The van der Waals surface area contributed by atoms with Crippen LogP contribution in [0.1, 0.15) is 25.3 Å². The number of rotatable bonds is 12. The van der Waals surface area contributed by atoms with Gasteiger partial charge in [0.1, 0.15) is 12.1 Å². The molecule has 0 radical (unpaired) electrons. The Balaban J connectivity index is 1.99. The fraction of sp³-hybridized carbons (Fsp3) is 0.429. The molecule has 0 aliphatic heterocycles. The Morgan fingerprint density at radius 1 is 1.15 bits per heavy atom. The summed E-state index contributed by atoms with van der Waals surface area (Å²) >= 11 is 0. The third-order valence-corrected chi connectivity index (χ3v) is 5.07. The number of nitrogens with zero attached hydrogens (tertiary/aromatic N) is 1. The van der Waals surface area contributed by atoms with Gasteiger partial charge in [-0.2, -0.15) is 0 Å². The van der Waals surface area contributed by atoms with E-state index in [1.54, 1.807) is 6.20 Å². The van der Waals surface area contributed by atoms with Gasteiger partial charge in [0.05, 0.1) is 12.1 Å².